The van der Waals surface area contributed by atoms with Crippen molar-refractivity contribution in [3.8, 4) is 0 Å². The van der Waals surface area contributed by atoms with Gasteiger partial charge in [0.05, 0.1) is 13.1 Å². The van der Waals surface area contributed by atoms with Crippen molar-refractivity contribution in [3.63, 3.8) is 0 Å². The van der Waals surface area contributed by atoms with Crippen LogP contribution in [0.25, 0.3) is 0 Å². The molecule has 3 nitrogen and oxygen atoms in total. The van der Waals surface area contributed by atoms with E-state index < -0.39 is 0 Å². The van der Waals surface area contributed by atoms with Crippen molar-refractivity contribution in [1.82, 2.24) is 10.2 Å². The lowest BCUT2D eigenvalue weighted by molar-refractivity contribution is 0.310. The van der Waals surface area contributed by atoms with E-state index in [0.29, 0.717) is 0 Å². The molecule has 0 amide bonds. The Bertz CT molecular complexity index is 355. The van der Waals surface area contributed by atoms with Gasteiger partial charge in [0.25, 0.3) is 0 Å². The van der Waals surface area contributed by atoms with Crippen LogP contribution in [0.2, 0.25) is 0 Å². The number of likely N-dealkylation sites (N-methyl/N-ethyl adjacent to an activating group) is 1. The Labute approximate surface area is 98.1 Å². The molecule has 0 atom stereocenters. The fourth-order valence-electron chi connectivity index (χ4n) is 1.79. The van der Waals surface area contributed by atoms with E-state index in [2.05, 4.69) is 36.8 Å². The maximum atomic E-state index is 5.77. The zero-order valence-electron chi connectivity index (χ0n) is 10.8. The van der Waals surface area contributed by atoms with Gasteiger partial charge < -0.3 is 9.73 Å². The molecule has 0 spiro atoms. The third-order valence-corrected chi connectivity index (χ3v) is 2.37. The van der Waals surface area contributed by atoms with Gasteiger partial charge in [0.15, 0.2) is 0 Å². The van der Waals surface area contributed by atoms with Crippen molar-refractivity contribution in [3.05, 3.63) is 35.3 Å². The van der Waals surface area contributed by atoms with Crippen LogP contribution in [-0.4, -0.2) is 25.5 Å². The molecule has 0 aromatic carbocycles. The van der Waals surface area contributed by atoms with Crippen LogP contribution in [-0.2, 0) is 13.1 Å². The molecule has 0 unspecified atom stereocenters. The Morgan fingerprint density at radius 3 is 2.81 bits per heavy atom. The summed E-state index contributed by atoms with van der Waals surface area (Å²) in [5.74, 6) is 2.05. The highest BCUT2D eigenvalue weighted by molar-refractivity contribution is 5.20. The lowest BCUT2D eigenvalue weighted by atomic mass is 10.2. The number of nitrogens with zero attached hydrogens (tertiary/aromatic N) is 1. The lowest BCUT2D eigenvalue weighted by Gasteiger charge is -2.14. The average Bonchev–Trinajstić information content (AvgIpc) is 2.45. The highest BCUT2D eigenvalue weighted by Gasteiger charge is 2.08. The van der Waals surface area contributed by atoms with Gasteiger partial charge in [-0.1, -0.05) is 12.2 Å². The van der Waals surface area contributed by atoms with Crippen LogP contribution in [0.15, 0.2) is 22.6 Å². The monoisotopic (exact) mass is 222 g/mol. The Morgan fingerprint density at radius 2 is 2.25 bits per heavy atom. The number of hydrogen-bond acceptors (Lipinski definition) is 3. The number of hydrogen-bond donors (Lipinski definition) is 1. The van der Waals surface area contributed by atoms with Crippen LogP contribution in [0, 0.1) is 6.92 Å². The maximum absolute atomic E-state index is 5.77. The summed E-state index contributed by atoms with van der Waals surface area (Å²) in [6.07, 6.45) is 0. The normalized spacial score (nSPS) is 11.1. The second kappa shape index (κ2) is 5.87. The first kappa shape index (κ1) is 13.0. The second-order valence-corrected chi connectivity index (χ2v) is 4.48. The molecule has 0 aliphatic rings. The van der Waals surface area contributed by atoms with Crippen molar-refractivity contribution < 1.29 is 4.42 Å². The predicted molar refractivity (Wildman–Crippen MR) is 67.4 cm³/mol. The van der Waals surface area contributed by atoms with Gasteiger partial charge in [-0.25, -0.2) is 0 Å². The van der Waals surface area contributed by atoms with Crippen molar-refractivity contribution in [2.24, 2.45) is 0 Å². The summed E-state index contributed by atoms with van der Waals surface area (Å²) in [6, 6.07) is 2.11. The van der Waals surface area contributed by atoms with Crippen molar-refractivity contribution >= 4 is 0 Å². The van der Waals surface area contributed by atoms with Gasteiger partial charge in [0.1, 0.15) is 11.5 Å². The number of aryl methyl sites for hydroxylation is 1. The van der Waals surface area contributed by atoms with Crippen LogP contribution in [0.1, 0.15) is 24.0 Å². The van der Waals surface area contributed by atoms with Crippen LogP contribution in [0.5, 0.6) is 0 Å². The van der Waals surface area contributed by atoms with E-state index in [1.165, 1.54) is 11.1 Å². The van der Waals surface area contributed by atoms with Gasteiger partial charge in [0.2, 0.25) is 0 Å². The average molecular weight is 222 g/mol. The molecule has 1 N–H and O–H groups in total. The van der Waals surface area contributed by atoms with E-state index in [9.17, 15) is 0 Å². The third-order valence-electron chi connectivity index (χ3n) is 2.37. The van der Waals surface area contributed by atoms with E-state index in [4.69, 9.17) is 4.42 Å². The molecule has 0 aliphatic heterocycles. The molecule has 1 aromatic heterocycles. The van der Waals surface area contributed by atoms with Gasteiger partial charge in [-0.3, -0.25) is 4.90 Å². The first-order chi connectivity index (χ1) is 7.52. The van der Waals surface area contributed by atoms with Crippen LogP contribution < -0.4 is 5.32 Å². The Morgan fingerprint density at radius 1 is 1.56 bits per heavy atom. The van der Waals surface area contributed by atoms with E-state index in [1.54, 1.807) is 0 Å². The zero-order chi connectivity index (χ0) is 12.1. The van der Waals surface area contributed by atoms with E-state index in [1.807, 2.05) is 14.0 Å². The highest BCUT2D eigenvalue weighted by Crippen LogP contribution is 2.16. The summed E-state index contributed by atoms with van der Waals surface area (Å²) >= 11 is 0. The fraction of sp³-hybridized carbons (Fsp3) is 0.538. The maximum Gasteiger partial charge on any atom is 0.120 e. The molecule has 1 rings (SSSR count). The molecule has 0 fully saturated rings. The van der Waals surface area contributed by atoms with Gasteiger partial charge in [0, 0.05) is 6.54 Å². The van der Waals surface area contributed by atoms with Crippen LogP contribution >= 0.6 is 0 Å². The van der Waals surface area contributed by atoms with Gasteiger partial charge in [-0.05, 0) is 39.6 Å². The molecule has 0 bridgehead atoms. The zero-order valence-corrected chi connectivity index (χ0v) is 10.8. The lowest BCUT2D eigenvalue weighted by Crippen LogP contribution is -2.19. The Kier molecular flexibility index (Phi) is 4.77. The summed E-state index contributed by atoms with van der Waals surface area (Å²) in [6.45, 7) is 10.5. The summed E-state index contributed by atoms with van der Waals surface area (Å²) in [5, 5.41) is 3.10. The minimum absolute atomic E-state index is 0.788. The summed E-state index contributed by atoms with van der Waals surface area (Å²) in [7, 11) is 4.00. The minimum atomic E-state index is 0.788. The summed E-state index contributed by atoms with van der Waals surface area (Å²) in [5.41, 5.74) is 2.38. The van der Waals surface area contributed by atoms with Crippen molar-refractivity contribution in [2.45, 2.75) is 26.9 Å². The molecule has 3 heteroatoms. The van der Waals surface area contributed by atoms with Crippen molar-refractivity contribution in [1.29, 1.82) is 0 Å². The van der Waals surface area contributed by atoms with E-state index in [0.717, 1.165) is 31.2 Å². The standard InChI is InChI=1S/C13H22N2O/c1-10(2)8-15(5)9-12-6-11(3)13(16-12)7-14-4/h6,14H,1,7-9H2,2-5H3. The molecule has 0 aliphatic carbocycles. The second-order valence-electron chi connectivity index (χ2n) is 4.48. The van der Waals surface area contributed by atoms with Crippen LogP contribution in [0.4, 0.5) is 0 Å². The third kappa shape index (κ3) is 3.83. The van der Waals surface area contributed by atoms with Gasteiger partial charge in [-0.15, -0.1) is 0 Å². The molecular formula is C13H22N2O. The quantitative estimate of drug-likeness (QED) is 0.749. The summed E-state index contributed by atoms with van der Waals surface area (Å²) < 4.78 is 5.77. The first-order valence-electron chi connectivity index (χ1n) is 5.58. The topological polar surface area (TPSA) is 28.4 Å². The Balaban J connectivity index is 2.60. The molecule has 0 saturated heterocycles. The number of nitrogens with one attached hydrogen (secondary N) is 1. The van der Waals surface area contributed by atoms with E-state index >= 15 is 0 Å². The first-order valence-corrected chi connectivity index (χ1v) is 5.58. The molecule has 0 radical (unpaired) electrons. The number of furan rings is 1. The molecule has 90 valence electrons. The molecule has 16 heavy (non-hydrogen) atoms. The Hall–Kier alpha value is -1.06. The molecular weight excluding hydrogens is 200 g/mol. The summed E-state index contributed by atoms with van der Waals surface area (Å²) in [4.78, 5) is 2.20. The van der Waals surface area contributed by atoms with E-state index in [-0.39, 0.29) is 0 Å². The number of rotatable bonds is 6. The largest absolute Gasteiger partial charge is 0.463 e. The SMILES string of the molecule is C=C(C)CN(C)Cc1cc(C)c(CNC)o1. The predicted octanol–water partition coefficient (Wildman–Crippen LogP) is 2.32. The molecule has 0 saturated carbocycles. The smallest absolute Gasteiger partial charge is 0.120 e. The highest BCUT2D eigenvalue weighted by atomic mass is 16.3. The van der Waals surface area contributed by atoms with Crippen molar-refractivity contribution in [2.75, 3.05) is 20.6 Å². The van der Waals surface area contributed by atoms with Crippen LogP contribution in [0.3, 0.4) is 0 Å². The van der Waals surface area contributed by atoms with Gasteiger partial charge >= 0.3 is 0 Å². The molecule has 1 heterocycles. The fourth-order valence-corrected chi connectivity index (χ4v) is 1.79. The van der Waals surface area contributed by atoms with Gasteiger partial charge in [-0.2, -0.15) is 0 Å². The minimum Gasteiger partial charge on any atom is -0.463 e. The molecule has 1 aromatic rings.